The Morgan fingerprint density at radius 3 is 2.76 bits per heavy atom. The number of hydrogen-bond acceptors (Lipinski definition) is 3. The number of carboxylic acids is 1. The molecule has 0 bridgehead atoms. The fourth-order valence-corrected chi connectivity index (χ4v) is 2.40. The standard InChI is InChI=1S/C15H10BrN3O2/c16-11-4-1-5-12(7-11)19-9-13(14(18-19)15(20)21)10-3-2-6-17-8-10/h1-9H,(H,20,21). The molecular weight excluding hydrogens is 334 g/mol. The highest BCUT2D eigenvalue weighted by molar-refractivity contribution is 9.10. The van der Waals surface area contributed by atoms with E-state index in [9.17, 15) is 9.90 Å². The van der Waals surface area contributed by atoms with E-state index in [1.165, 1.54) is 0 Å². The predicted molar refractivity (Wildman–Crippen MR) is 81.5 cm³/mol. The first-order chi connectivity index (χ1) is 10.1. The first-order valence-electron chi connectivity index (χ1n) is 6.14. The van der Waals surface area contributed by atoms with Gasteiger partial charge in [-0.15, -0.1) is 0 Å². The molecule has 0 unspecified atom stereocenters. The Bertz CT molecular complexity index is 800. The first-order valence-corrected chi connectivity index (χ1v) is 6.94. The molecule has 0 radical (unpaired) electrons. The Balaban J connectivity index is 2.15. The number of pyridine rings is 1. The van der Waals surface area contributed by atoms with Crippen LogP contribution >= 0.6 is 15.9 Å². The van der Waals surface area contributed by atoms with Crippen LogP contribution < -0.4 is 0 Å². The number of aromatic carboxylic acids is 1. The van der Waals surface area contributed by atoms with E-state index < -0.39 is 5.97 Å². The van der Waals surface area contributed by atoms with Gasteiger partial charge in [0.25, 0.3) is 0 Å². The van der Waals surface area contributed by atoms with Crippen molar-refractivity contribution in [1.82, 2.24) is 14.8 Å². The van der Waals surface area contributed by atoms with Gasteiger partial charge in [-0.1, -0.05) is 28.1 Å². The van der Waals surface area contributed by atoms with Crippen LogP contribution in [-0.2, 0) is 0 Å². The van der Waals surface area contributed by atoms with Gasteiger partial charge in [-0.05, 0) is 24.3 Å². The Hall–Kier alpha value is -2.47. The molecule has 0 aliphatic rings. The maximum atomic E-state index is 11.4. The summed E-state index contributed by atoms with van der Waals surface area (Å²) in [5.74, 6) is -1.07. The van der Waals surface area contributed by atoms with Crippen LogP contribution in [0.3, 0.4) is 0 Å². The average molecular weight is 344 g/mol. The third-order valence-corrected chi connectivity index (χ3v) is 3.46. The molecule has 2 heterocycles. The van der Waals surface area contributed by atoms with Gasteiger partial charge in [-0.25, -0.2) is 9.48 Å². The van der Waals surface area contributed by atoms with Gasteiger partial charge in [0, 0.05) is 34.2 Å². The van der Waals surface area contributed by atoms with Crippen LogP contribution in [0.2, 0.25) is 0 Å². The van der Waals surface area contributed by atoms with Crippen molar-refractivity contribution in [1.29, 1.82) is 0 Å². The fourth-order valence-electron chi connectivity index (χ4n) is 2.02. The summed E-state index contributed by atoms with van der Waals surface area (Å²) in [5, 5.41) is 13.5. The molecule has 0 spiro atoms. The summed E-state index contributed by atoms with van der Waals surface area (Å²) in [6.45, 7) is 0. The van der Waals surface area contributed by atoms with Crippen molar-refractivity contribution in [3.63, 3.8) is 0 Å². The third-order valence-electron chi connectivity index (χ3n) is 2.96. The Morgan fingerprint density at radius 1 is 1.24 bits per heavy atom. The van der Waals surface area contributed by atoms with E-state index in [0.717, 1.165) is 15.7 Å². The van der Waals surface area contributed by atoms with Gasteiger partial charge in [0.15, 0.2) is 5.69 Å². The molecule has 0 aliphatic carbocycles. The van der Waals surface area contributed by atoms with Crippen LogP contribution in [0.1, 0.15) is 10.5 Å². The van der Waals surface area contributed by atoms with Crippen LogP contribution in [0.15, 0.2) is 59.5 Å². The lowest BCUT2D eigenvalue weighted by atomic mass is 10.1. The van der Waals surface area contributed by atoms with Crippen LogP contribution in [0.25, 0.3) is 16.8 Å². The molecule has 1 N–H and O–H groups in total. The molecule has 5 nitrogen and oxygen atoms in total. The minimum absolute atomic E-state index is 0.00276. The van der Waals surface area contributed by atoms with E-state index in [0.29, 0.717) is 5.56 Å². The molecule has 0 atom stereocenters. The molecule has 3 rings (SSSR count). The molecule has 0 fully saturated rings. The Labute approximate surface area is 129 Å². The van der Waals surface area contributed by atoms with E-state index in [2.05, 4.69) is 26.0 Å². The minimum atomic E-state index is -1.07. The van der Waals surface area contributed by atoms with Crippen LogP contribution in [-0.4, -0.2) is 25.8 Å². The molecule has 0 amide bonds. The van der Waals surface area contributed by atoms with Crippen molar-refractivity contribution < 1.29 is 9.90 Å². The number of hydrogen-bond donors (Lipinski definition) is 1. The topological polar surface area (TPSA) is 68.0 Å². The normalized spacial score (nSPS) is 10.5. The maximum absolute atomic E-state index is 11.4. The van der Waals surface area contributed by atoms with Gasteiger partial charge in [0.05, 0.1) is 5.69 Å². The summed E-state index contributed by atoms with van der Waals surface area (Å²) in [4.78, 5) is 15.4. The SMILES string of the molecule is O=C(O)c1nn(-c2cccc(Br)c2)cc1-c1cccnc1. The summed E-state index contributed by atoms with van der Waals surface area (Å²) < 4.78 is 2.45. The molecule has 0 aliphatic heterocycles. The zero-order valence-corrected chi connectivity index (χ0v) is 12.4. The number of halogens is 1. The zero-order chi connectivity index (χ0) is 14.8. The molecular formula is C15H10BrN3O2. The second-order valence-electron chi connectivity index (χ2n) is 4.36. The van der Waals surface area contributed by atoms with Gasteiger partial charge in [0.1, 0.15) is 0 Å². The average Bonchev–Trinajstić information content (AvgIpc) is 2.93. The summed E-state index contributed by atoms with van der Waals surface area (Å²) in [6, 6.07) is 11.1. The zero-order valence-electron chi connectivity index (χ0n) is 10.8. The van der Waals surface area contributed by atoms with Crippen molar-refractivity contribution >= 4 is 21.9 Å². The number of rotatable bonds is 3. The molecule has 0 saturated heterocycles. The number of benzene rings is 1. The van der Waals surface area contributed by atoms with E-state index in [1.807, 2.05) is 30.3 Å². The van der Waals surface area contributed by atoms with E-state index in [-0.39, 0.29) is 5.69 Å². The van der Waals surface area contributed by atoms with E-state index in [4.69, 9.17) is 0 Å². The Morgan fingerprint density at radius 2 is 2.10 bits per heavy atom. The monoisotopic (exact) mass is 343 g/mol. The Kier molecular flexibility index (Phi) is 3.53. The lowest BCUT2D eigenvalue weighted by Gasteiger charge is -2.00. The molecule has 6 heteroatoms. The van der Waals surface area contributed by atoms with E-state index in [1.54, 1.807) is 29.3 Å². The molecule has 0 saturated carbocycles. The highest BCUT2D eigenvalue weighted by atomic mass is 79.9. The quantitative estimate of drug-likeness (QED) is 0.791. The smallest absolute Gasteiger partial charge is 0.357 e. The number of nitrogens with zero attached hydrogens (tertiary/aromatic N) is 3. The van der Waals surface area contributed by atoms with Crippen LogP contribution in [0, 0.1) is 0 Å². The van der Waals surface area contributed by atoms with Crippen molar-refractivity contribution in [2.24, 2.45) is 0 Å². The van der Waals surface area contributed by atoms with Crippen LogP contribution in [0.4, 0.5) is 0 Å². The van der Waals surface area contributed by atoms with Crippen molar-refractivity contribution in [3.8, 4) is 16.8 Å². The summed E-state index contributed by atoms with van der Waals surface area (Å²) >= 11 is 3.39. The summed E-state index contributed by atoms with van der Waals surface area (Å²) in [7, 11) is 0. The van der Waals surface area contributed by atoms with Crippen molar-refractivity contribution in [2.45, 2.75) is 0 Å². The van der Waals surface area contributed by atoms with E-state index >= 15 is 0 Å². The highest BCUT2D eigenvalue weighted by Gasteiger charge is 2.18. The molecule has 21 heavy (non-hydrogen) atoms. The van der Waals surface area contributed by atoms with Crippen molar-refractivity contribution in [2.75, 3.05) is 0 Å². The van der Waals surface area contributed by atoms with Gasteiger partial charge in [-0.3, -0.25) is 4.98 Å². The van der Waals surface area contributed by atoms with Crippen LogP contribution in [0.5, 0.6) is 0 Å². The number of carbonyl (C=O) groups is 1. The predicted octanol–water partition coefficient (Wildman–Crippen LogP) is 3.40. The van der Waals surface area contributed by atoms with Gasteiger partial charge < -0.3 is 5.11 Å². The highest BCUT2D eigenvalue weighted by Crippen LogP contribution is 2.24. The lowest BCUT2D eigenvalue weighted by Crippen LogP contribution is -2.01. The molecule has 3 aromatic rings. The fraction of sp³-hybridized carbons (Fsp3) is 0. The lowest BCUT2D eigenvalue weighted by molar-refractivity contribution is 0.0691. The van der Waals surface area contributed by atoms with Gasteiger partial charge in [-0.2, -0.15) is 5.10 Å². The van der Waals surface area contributed by atoms with Crippen molar-refractivity contribution in [3.05, 3.63) is 65.2 Å². The summed E-state index contributed by atoms with van der Waals surface area (Å²) in [5.41, 5.74) is 2.04. The third kappa shape index (κ3) is 2.71. The number of aromatic nitrogens is 3. The second-order valence-corrected chi connectivity index (χ2v) is 5.28. The minimum Gasteiger partial charge on any atom is -0.476 e. The molecule has 2 aromatic heterocycles. The number of carboxylic acid groups (broad SMARTS) is 1. The van der Waals surface area contributed by atoms with Gasteiger partial charge >= 0.3 is 5.97 Å². The van der Waals surface area contributed by atoms with Gasteiger partial charge in [0.2, 0.25) is 0 Å². The largest absolute Gasteiger partial charge is 0.476 e. The first kappa shape index (κ1) is 13.5. The second kappa shape index (κ2) is 5.49. The molecule has 1 aromatic carbocycles. The maximum Gasteiger partial charge on any atom is 0.357 e. The summed E-state index contributed by atoms with van der Waals surface area (Å²) in [6.07, 6.45) is 4.96. The molecule has 104 valence electrons.